The van der Waals surface area contributed by atoms with Gasteiger partial charge in [-0.25, -0.2) is 14.3 Å². The normalized spacial score (nSPS) is 11.1. The number of H-pyrrole nitrogens is 1. The fourth-order valence-electron chi connectivity index (χ4n) is 3.61. The van der Waals surface area contributed by atoms with Crippen molar-refractivity contribution in [3.05, 3.63) is 97.7 Å². The van der Waals surface area contributed by atoms with E-state index in [9.17, 15) is 24.5 Å². The Bertz CT molecular complexity index is 1740. The third-order valence-electron chi connectivity index (χ3n) is 5.11. The third kappa shape index (κ3) is 4.56. The first-order valence-corrected chi connectivity index (χ1v) is 12.0. The second kappa shape index (κ2) is 9.16. The average molecular weight is 506 g/mol. The fraction of sp³-hybridized carbons (Fsp3) is 0.0435. The lowest BCUT2D eigenvalue weighted by molar-refractivity contribution is -0.384. The van der Waals surface area contributed by atoms with E-state index in [4.69, 9.17) is 0 Å². The smallest absolute Gasteiger partial charge is 0.311 e. The van der Waals surface area contributed by atoms with Crippen molar-refractivity contribution in [3.8, 4) is 5.69 Å². The first kappa shape index (κ1) is 22.5. The number of nitro benzene ring substituents is 1. The summed E-state index contributed by atoms with van der Waals surface area (Å²) in [5.74, 6) is -0.446. The highest BCUT2D eigenvalue weighted by Crippen LogP contribution is 2.31. The number of nitrogens with zero attached hydrogens (tertiary/aromatic N) is 3. The zero-order valence-electron chi connectivity index (χ0n) is 17.8. The minimum atomic E-state index is -0.676. The van der Waals surface area contributed by atoms with Crippen LogP contribution in [0.2, 0.25) is 0 Å². The van der Waals surface area contributed by atoms with E-state index in [-0.39, 0.29) is 17.3 Å². The van der Waals surface area contributed by atoms with Crippen LogP contribution in [0.5, 0.6) is 0 Å². The van der Waals surface area contributed by atoms with Crippen LogP contribution in [0.4, 0.5) is 11.5 Å². The van der Waals surface area contributed by atoms with Gasteiger partial charge in [0.1, 0.15) is 5.82 Å². The molecule has 35 heavy (non-hydrogen) atoms. The summed E-state index contributed by atoms with van der Waals surface area (Å²) in [5, 5.41) is 15.3. The summed E-state index contributed by atoms with van der Waals surface area (Å²) < 4.78 is 2.58. The van der Waals surface area contributed by atoms with Gasteiger partial charge in [-0.05, 0) is 17.5 Å². The van der Waals surface area contributed by atoms with E-state index in [1.54, 1.807) is 18.2 Å². The van der Waals surface area contributed by atoms with Gasteiger partial charge in [-0.15, -0.1) is 11.3 Å². The number of nitro groups is 1. The zero-order chi connectivity index (χ0) is 24.5. The van der Waals surface area contributed by atoms with Crippen LogP contribution in [-0.2, 0) is 4.79 Å². The molecule has 174 valence electrons. The predicted octanol–water partition coefficient (Wildman–Crippen LogP) is 3.93. The Labute approximate surface area is 204 Å². The minimum Gasteiger partial charge on any atom is -0.311 e. The van der Waals surface area contributed by atoms with Crippen LogP contribution in [0.15, 0.2) is 80.7 Å². The second-order valence-corrected chi connectivity index (χ2v) is 9.64. The van der Waals surface area contributed by atoms with Crippen molar-refractivity contribution in [2.45, 2.75) is 4.34 Å². The van der Waals surface area contributed by atoms with Gasteiger partial charge in [0, 0.05) is 23.6 Å². The second-order valence-electron chi connectivity index (χ2n) is 7.38. The lowest BCUT2D eigenvalue weighted by Crippen LogP contribution is -2.32. The van der Waals surface area contributed by atoms with Crippen LogP contribution >= 0.6 is 23.1 Å². The molecular formula is C23H15N5O5S2. The number of hydrogen-bond acceptors (Lipinski definition) is 8. The monoisotopic (exact) mass is 505 g/mol. The maximum absolute atomic E-state index is 12.7. The average Bonchev–Trinajstić information content (AvgIpc) is 3.24. The molecule has 0 unspecified atom stereocenters. The Morgan fingerprint density at radius 3 is 2.74 bits per heavy atom. The summed E-state index contributed by atoms with van der Waals surface area (Å²) in [7, 11) is 0. The Kier molecular flexibility index (Phi) is 5.89. The molecule has 0 aliphatic heterocycles. The summed E-state index contributed by atoms with van der Waals surface area (Å²) in [4.78, 5) is 54.6. The van der Waals surface area contributed by atoms with Crippen molar-refractivity contribution in [1.29, 1.82) is 0 Å². The molecule has 5 aromatic rings. The minimum absolute atomic E-state index is 0.0422. The summed E-state index contributed by atoms with van der Waals surface area (Å²) in [6, 6.07) is 18.4. The number of aromatic amines is 1. The summed E-state index contributed by atoms with van der Waals surface area (Å²) >= 11 is 2.46. The number of nitrogens with one attached hydrogen (secondary N) is 2. The number of carbonyl (C=O) groups excluding carboxylic acids is 1. The highest BCUT2D eigenvalue weighted by Gasteiger charge is 2.15. The van der Waals surface area contributed by atoms with E-state index in [2.05, 4.69) is 15.3 Å². The molecule has 0 aliphatic carbocycles. The fourth-order valence-corrected chi connectivity index (χ4v) is 5.45. The number of aromatic nitrogens is 3. The predicted molar refractivity (Wildman–Crippen MR) is 136 cm³/mol. The lowest BCUT2D eigenvalue weighted by atomic mass is 10.1. The maximum atomic E-state index is 12.7. The number of carbonyl (C=O) groups is 1. The highest BCUT2D eigenvalue weighted by molar-refractivity contribution is 8.01. The van der Waals surface area contributed by atoms with Crippen molar-refractivity contribution in [1.82, 2.24) is 14.5 Å². The number of fused-ring (bicyclic) bond motifs is 2. The van der Waals surface area contributed by atoms with Gasteiger partial charge >= 0.3 is 5.69 Å². The van der Waals surface area contributed by atoms with E-state index in [0.29, 0.717) is 15.5 Å². The highest BCUT2D eigenvalue weighted by atomic mass is 32.2. The van der Waals surface area contributed by atoms with Gasteiger partial charge in [0.15, 0.2) is 4.34 Å². The standard InChI is InChI=1S/C23H15N5O5S2/c29-20-11-19(27(22(31)26-20)17-7-3-5-13-4-1-2-6-15(13)17)25-21(30)12-34-23-24-16-10-14(28(32)33)8-9-18(16)35-23/h1-11H,12H2,(H,25,30)(H,26,29,31). The van der Waals surface area contributed by atoms with Gasteiger partial charge in [-0.3, -0.25) is 24.7 Å². The molecule has 0 saturated carbocycles. The number of amides is 1. The molecule has 2 heterocycles. The first-order valence-electron chi connectivity index (χ1n) is 10.2. The van der Waals surface area contributed by atoms with Crippen LogP contribution in [-0.4, -0.2) is 31.1 Å². The molecule has 0 fully saturated rings. The summed E-state index contributed by atoms with van der Waals surface area (Å²) in [6.07, 6.45) is 0. The van der Waals surface area contributed by atoms with Gasteiger partial charge in [0.2, 0.25) is 5.91 Å². The van der Waals surface area contributed by atoms with Crippen molar-refractivity contribution in [2.75, 3.05) is 11.1 Å². The molecule has 1 amide bonds. The van der Waals surface area contributed by atoms with E-state index in [1.807, 2.05) is 30.3 Å². The van der Waals surface area contributed by atoms with Gasteiger partial charge < -0.3 is 5.32 Å². The van der Waals surface area contributed by atoms with E-state index in [1.165, 1.54) is 28.0 Å². The maximum Gasteiger partial charge on any atom is 0.334 e. The van der Waals surface area contributed by atoms with Crippen LogP contribution in [0.1, 0.15) is 0 Å². The van der Waals surface area contributed by atoms with Crippen LogP contribution < -0.4 is 16.6 Å². The molecule has 10 nitrogen and oxygen atoms in total. The molecule has 5 rings (SSSR count). The molecule has 12 heteroatoms. The summed E-state index contributed by atoms with van der Waals surface area (Å²) in [6.45, 7) is 0. The molecule has 0 saturated heterocycles. The molecule has 2 aromatic heterocycles. The van der Waals surface area contributed by atoms with Crippen LogP contribution in [0.3, 0.4) is 0 Å². The Balaban J connectivity index is 1.41. The number of anilines is 1. The number of non-ortho nitro benzene ring substituents is 1. The molecule has 0 atom stereocenters. The molecular weight excluding hydrogens is 490 g/mol. The number of thioether (sulfide) groups is 1. The number of benzene rings is 3. The zero-order valence-corrected chi connectivity index (χ0v) is 19.4. The van der Waals surface area contributed by atoms with E-state index >= 15 is 0 Å². The molecule has 0 bridgehead atoms. The SMILES string of the molecule is O=C(CSc1nc2cc([N+](=O)[O-])ccc2s1)Nc1cc(=O)[nH]c(=O)n1-c1cccc2ccccc12. The molecule has 2 N–H and O–H groups in total. The van der Waals surface area contributed by atoms with Gasteiger partial charge in [0.05, 0.1) is 26.6 Å². The Morgan fingerprint density at radius 1 is 1.11 bits per heavy atom. The molecule has 3 aromatic carbocycles. The lowest BCUT2D eigenvalue weighted by Gasteiger charge is -2.14. The number of thiazole rings is 1. The third-order valence-corrected chi connectivity index (χ3v) is 7.29. The molecule has 0 spiro atoms. The van der Waals surface area contributed by atoms with Crippen molar-refractivity contribution in [2.24, 2.45) is 0 Å². The first-order chi connectivity index (χ1) is 16.9. The topological polar surface area (TPSA) is 140 Å². The van der Waals surface area contributed by atoms with Crippen LogP contribution in [0.25, 0.3) is 26.7 Å². The molecule has 0 radical (unpaired) electrons. The van der Waals surface area contributed by atoms with E-state index < -0.39 is 22.1 Å². The van der Waals surface area contributed by atoms with Crippen molar-refractivity contribution < 1.29 is 9.72 Å². The van der Waals surface area contributed by atoms with Crippen molar-refractivity contribution in [3.63, 3.8) is 0 Å². The van der Waals surface area contributed by atoms with Gasteiger partial charge in [0.25, 0.3) is 11.2 Å². The van der Waals surface area contributed by atoms with Gasteiger partial charge in [-0.2, -0.15) is 0 Å². The van der Waals surface area contributed by atoms with E-state index in [0.717, 1.165) is 33.3 Å². The number of rotatable bonds is 6. The quantitative estimate of drug-likeness (QED) is 0.202. The van der Waals surface area contributed by atoms with Crippen LogP contribution in [0, 0.1) is 10.1 Å². The number of hydrogen-bond donors (Lipinski definition) is 2. The van der Waals surface area contributed by atoms with Gasteiger partial charge in [-0.1, -0.05) is 48.2 Å². The van der Waals surface area contributed by atoms with Crippen molar-refractivity contribution >= 4 is 61.5 Å². The Hall–Kier alpha value is -4.29. The summed E-state index contributed by atoms with van der Waals surface area (Å²) in [5.41, 5.74) is -0.379. The molecule has 0 aliphatic rings. The largest absolute Gasteiger partial charge is 0.334 e. The Morgan fingerprint density at radius 2 is 1.91 bits per heavy atom.